The summed E-state index contributed by atoms with van der Waals surface area (Å²) >= 11 is 0. The fraction of sp³-hybridized carbons (Fsp3) is 0.385. The summed E-state index contributed by atoms with van der Waals surface area (Å²) in [7, 11) is 1.72. The molecular formula is C13H16N4O. The lowest BCUT2D eigenvalue weighted by Crippen LogP contribution is -2.18. The van der Waals surface area contributed by atoms with Crippen LogP contribution in [0.1, 0.15) is 24.8 Å². The Balaban J connectivity index is 1.99. The van der Waals surface area contributed by atoms with Crippen molar-refractivity contribution < 1.29 is 4.74 Å². The van der Waals surface area contributed by atoms with E-state index in [0.717, 1.165) is 42.3 Å². The molecule has 0 spiro atoms. The van der Waals surface area contributed by atoms with Crippen LogP contribution in [-0.4, -0.2) is 21.9 Å². The molecule has 94 valence electrons. The van der Waals surface area contributed by atoms with Gasteiger partial charge in [-0.25, -0.2) is 9.67 Å². The Bertz CT molecular complexity index is 547. The zero-order valence-corrected chi connectivity index (χ0v) is 10.3. The number of rotatable bonds is 2. The van der Waals surface area contributed by atoms with E-state index >= 15 is 0 Å². The highest BCUT2D eigenvalue weighted by molar-refractivity contribution is 5.58. The molecule has 1 aliphatic rings. The smallest absolute Gasteiger partial charge is 0.181 e. The maximum atomic E-state index is 5.68. The van der Waals surface area contributed by atoms with Gasteiger partial charge in [-0.1, -0.05) is 0 Å². The van der Waals surface area contributed by atoms with Crippen LogP contribution in [0.3, 0.4) is 0 Å². The summed E-state index contributed by atoms with van der Waals surface area (Å²) in [6.07, 6.45) is 2.15. The van der Waals surface area contributed by atoms with E-state index in [1.54, 1.807) is 7.11 Å². The number of methoxy groups -OCH3 is 1. The van der Waals surface area contributed by atoms with Gasteiger partial charge in [0.05, 0.1) is 0 Å². The third-order valence-corrected chi connectivity index (χ3v) is 3.28. The molecule has 2 aromatic rings. The van der Waals surface area contributed by atoms with Gasteiger partial charge in [-0.3, -0.25) is 0 Å². The van der Waals surface area contributed by atoms with Gasteiger partial charge in [-0.15, -0.1) is 0 Å². The summed E-state index contributed by atoms with van der Waals surface area (Å²) in [5.74, 6) is 1.67. The van der Waals surface area contributed by atoms with E-state index in [2.05, 4.69) is 10.1 Å². The Morgan fingerprint density at radius 2 is 2.11 bits per heavy atom. The molecule has 0 saturated carbocycles. The van der Waals surface area contributed by atoms with Crippen LogP contribution in [0.15, 0.2) is 24.3 Å². The molecule has 3 rings (SSSR count). The van der Waals surface area contributed by atoms with E-state index in [-0.39, 0.29) is 6.10 Å². The van der Waals surface area contributed by atoms with Crippen molar-refractivity contribution in [3.8, 4) is 11.4 Å². The molecular weight excluding hydrogens is 228 g/mol. The third kappa shape index (κ3) is 1.86. The molecule has 2 N–H and O–H groups in total. The molecule has 5 nitrogen and oxygen atoms in total. The molecule has 0 aliphatic carbocycles. The molecule has 0 fully saturated rings. The second-order valence-electron chi connectivity index (χ2n) is 4.51. The van der Waals surface area contributed by atoms with Crippen LogP contribution in [0.2, 0.25) is 0 Å². The van der Waals surface area contributed by atoms with Crippen molar-refractivity contribution in [1.82, 2.24) is 14.8 Å². The van der Waals surface area contributed by atoms with Crippen LogP contribution < -0.4 is 5.73 Å². The van der Waals surface area contributed by atoms with Gasteiger partial charge >= 0.3 is 0 Å². The van der Waals surface area contributed by atoms with Crippen LogP contribution in [0.25, 0.3) is 11.4 Å². The van der Waals surface area contributed by atoms with E-state index in [0.29, 0.717) is 0 Å². The van der Waals surface area contributed by atoms with Crippen molar-refractivity contribution in [3.63, 3.8) is 0 Å². The van der Waals surface area contributed by atoms with Crippen molar-refractivity contribution in [1.29, 1.82) is 0 Å². The number of benzene rings is 1. The SMILES string of the molecule is COC1CCCn2nc(-c3ccc(N)cc3)nc21. The normalized spacial score (nSPS) is 18.6. The highest BCUT2D eigenvalue weighted by Crippen LogP contribution is 2.28. The summed E-state index contributed by atoms with van der Waals surface area (Å²) in [5, 5.41) is 4.53. The standard InChI is InChI=1S/C13H16N4O/c1-18-11-3-2-8-17-13(11)15-12(16-17)9-4-6-10(14)7-5-9/h4-7,11H,2-3,8,14H2,1H3. The van der Waals surface area contributed by atoms with E-state index in [4.69, 9.17) is 10.5 Å². The molecule has 1 aliphatic heterocycles. The summed E-state index contributed by atoms with van der Waals surface area (Å²) in [6.45, 7) is 0.914. The van der Waals surface area contributed by atoms with E-state index in [1.807, 2.05) is 28.9 Å². The second-order valence-corrected chi connectivity index (χ2v) is 4.51. The van der Waals surface area contributed by atoms with E-state index < -0.39 is 0 Å². The number of hydrogen-bond donors (Lipinski definition) is 1. The minimum absolute atomic E-state index is 0.0637. The number of nitrogens with two attached hydrogens (primary N) is 1. The second kappa shape index (κ2) is 4.42. The van der Waals surface area contributed by atoms with Crippen LogP contribution in [-0.2, 0) is 11.3 Å². The lowest BCUT2D eigenvalue weighted by Gasteiger charge is -2.20. The monoisotopic (exact) mass is 244 g/mol. The van der Waals surface area contributed by atoms with Gasteiger partial charge in [-0.2, -0.15) is 5.10 Å². The fourth-order valence-corrected chi connectivity index (χ4v) is 2.29. The van der Waals surface area contributed by atoms with Gasteiger partial charge in [0, 0.05) is 24.9 Å². The van der Waals surface area contributed by atoms with Gasteiger partial charge in [0.1, 0.15) is 6.10 Å². The van der Waals surface area contributed by atoms with E-state index in [1.165, 1.54) is 0 Å². The molecule has 2 heterocycles. The first-order valence-electron chi connectivity index (χ1n) is 6.11. The predicted octanol–water partition coefficient (Wildman–Crippen LogP) is 2.01. The molecule has 1 aromatic carbocycles. The molecule has 0 amide bonds. The maximum absolute atomic E-state index is 5.68. The highest BCUT2D eigenvalue weighted by atomic mass is 16.5. The van der Waals surface area contributed by atoms with Gasteiger partial charge in [0.25, 0.3) is 0 Å². The quantitative estimate of drug-likeness (QED) is 0.821. The molecule has 18 heavy (non-hydrogen) atoms. The van der Waals surface area contributed by atoms with Crippen molar-refractivity contribution >= 4 is 5.69 Å². The average molecular weight is 244 g/mol. The molecule has 1 unspecified atom stereocenters. The first kappa shape index (κ1) is 11.2. The lowest BCUT2D eigenvalue weighted by atomic mass is 10.1. The van der Waals surface area contributed by atoms with Crippen molar-refractivity contribution in [2.75, 3.05) is 12.8 Å². The molecule has 0 bridgehead atoms. The van der Waals surface area contributed by atoms with Crippen molar-refractivity contribution in [2.45, 2.75) is 25.5 Å². The minimum Gasteiger partial charge on any atom is -0.399 e. The highest BCUT2D eigenvalue weighted by Gasteiger charge is 2.24. The number of hydrogen-bond acceptors (Lipinski definition) is 4. The first-order valence-corrected chi connectivity index (χ1v) is 6.11. The summed E-state index contributed by atoms with van der Waals surface area (Å²) in [4.78, 5) is 4.59. The van der Waals surface area contributed by atoms with Crippen molar-refractivity contribution in [2.24, 2.45) is 0 Å². The number of aromatic nitrogens is 3. The zero-order chi connectivity index (χ0) is 12.5. The molecule has 0 radical (unpaired) electrons. The lowest BCUT2D eigenvalue weighted by molar-refractivity contribution is 0.0697. The Labute approximate surface area is 106 Å². The Kier molecular flexibility index (Phi) is 2.76. The van der Waals surface area contributed by atoms with Crippen LogP contribution in [0.4, 0.5) is 5.69 Å². The van der Waals surface area contributed by atoms with Crippen molar-refractivity contribution in [3.05, 3.63) is 30.1 Å². The molecule has 1 aromatic heterocycles. The minimum atomic E-state index is 0.0637. The van der Waals surface area contributed by atoms with Gasteiger partial charge in [-0.05, 0) is 37.1 Å². The van der Waals surface area contributed by atoms with Crippen LogP contribution >= 0.6 is 0 Å². The summed E-state index contributed by atoms with van der Waals surface area (Å²) in [6, 6.07) is 7.61. The maximum Gasteiger partial charge on any atom is 0.181 e. The Hall–Kier alpha value is -1.88. The Morgan fingerprint density at radius 1 is 1.33 bits per heavy atom. The van der Waals surface area contributed by atoms with Crippen LogP contribution in [0, 0.1) is 0 Å². The third-order valence-electron chi connectivity index (χ3n) is 3.28. The zero-order valence-electron chi connectivity index (χ0n) is 10.3. The fourth-order valence-electron chi connectivity index (χ4n) is 2.29. The molecule has 5 heteroatoms. The first-order chi connectivity index (χ1) is 8.78. The molecule has 1 atom stereocenters. The number of anilines is 1. The summed E-state index contributed by atoms with van der Waals surface area (Å²) in [5.41, 5.74) is 7.41. The predicted molar refractivity (Wildman–Crippen MR) is 68.9 cm³/mol. The largest absolute Gasteiger partial charge is 0.399 e. The van der Waals surface area contributed by atoms with Gasteiger partial charge in [0.2, 0.25) is 0 Å². The summed E-state index contributed by atoms with van der Waals surface area (Å²) < 4.78 is 7.39. The Morgan fingerprint density at radius 3 is 2.83 bits per heavy atom. The van der Waals surface area contributed by atoms with E-state index in [9.17, 15) is 0 Å². The topological polar surface area (TPSA) is 66.0 Å². The molecule has 0 saturated heterocycles. The number of nitrogen functional groups attached to an aromatic ring is 1. The van der Waals surface area contributed by atoms with Gasteiger partial charge < -0.3 is 10.5 Å². The number of ether oxygens (including phenoxy) is 1. The number of nitrogens with zero attached hydrogens (tertiary/aromatic N) is 3. The average Bonchev–Trinajstić information content (AvgIpc) is 2.83. The number of aryl methyl sites for hydroxylation is 1. The van der Waals surface area contributed by atoms with Crippen LogP contribution in [0.5, 0.6) is 0 Å². The van der Waals surface area contributed by atoms with Gasteiger partial charge in [0.15, 0.2) is 11.6 Å². The number of fused-ring (bicyclic) bond motifs is 1.